The zero-order chi connectivity index (χ0) is 15.3. The number of thiazole rings is 1. The Morgan fingerprint density at radius 2 is 2.05 bits per heavy atom. The molecule has 1 rings (SSSR count). The molecule has 0 saturated heterocycles. The van der Waals surface area contributed by atoms with Gasteiger partial charge in [0.1, 0.15) is 11.0 Å². The van der Waals surface area contributed by atoms with E-state index in [0.29, 0.717) is 5.01 Å². The predicted molar refractivity (Wildman–Crippen MR) is 70.5 cm³/mol. The summed E-state index contributed by atoms with van der Waals surface area (Å²) in [6.45, 7) is 3.41. The normalized spacial score (nSPS) is 12.5. The SMILES string of the molecule is CC(C)(NC(=O)N[C@@H](CC(=O)O)C(=O)O)c1nccs1. The molecule has 2 amide bonds. The highest BCUT2D eigenvalue weighted by Crippen LogP contribution is 2.21. The Labute approximate surface area is 118 Å². The molecule has 0 aliphatic heterocycles. The molecule has 0 bridgehead atoms. The summed E-state index contributed by atoms with van der Waals surface area (Å²) in [6.07, 6.45) is 0.895. The minimum atomic E-state index is -1.49. The fourth-order valence-corrected chi connectivity index (χ4v) is 2.16. The first kappa shape index (κ1) is 15.9. The maximum Gasteiger partial charge on any atom is 0.326 e. The number of nitrogens with zero attached hydrogens (tertiary/aromatic N) is 1. The van der Waals surface area contributed by atoms with Crippen molar-refractivity contribution in [1.82, 2.24) is 15.6 Å². The first-order valence-corrected chi connectivity index (χ1v) is 6.53. The Morgan fingerprint density at radius 3 is 2.50 bits per heavy atom. The van der Waals surface area contributed by atoms with Gasteiger partial charge in [-0.25, -0.2) is 14.6 Å². The molecule has 0 fully saturated rings. The third-order valence-corrected chi connectivity index (χ3v) is 3.47. The summed E-state index contributed by atoms with van der Waals surface area (Å²) in [4.78, 5) is 37.2. The number of hydrogen-bond donors (Lipinski definition) is 4. The van der Waals surface area contributed by atoms with Crippen molar-refractivity contribution in [2.24, 2.45) is 0 Å². The van der Waals surface area contributed by atoms with Gasteiger partial charge in [0.15, 0.2) is 0 Å². The van der Waals surface area contributed by atoms with Gasteiger partial charge in [0.2, 0.25) is 0 Å². The largest absolute Gasteiger partial charge is 0.481 e. The van der Waals surface area contributed by atoms with Crippen LogP contribution in [0.15, 0.2) is 11.6 Å². The molecule has 8 nitrogen and oxygen atoms in total. The number of amides is 2. The lowest BCUT2D eigenvalue weighted by Crippen LogP contribution is -2.52. The van der Waals surface area contributed by atoms with Crippen LogP contribution in [0.1, 0.15) is 25.3 Å². The molecule has 1 aromatic heterocycles. The fraction of sp³-hybridized carbons (Fsp3) is 0.455. The third-order valence-electron chi connectivity index (χ3n) is 2.38. The van der Waals surface area contributed by atoms with Crippen molar-refractivity contribution in [1.29, 1.82) is 0 Å². The van der Waals surface area contributed by atoms with Crippen molar-refractivity contribution in [3.05, 3.63) is 16.6 Å². The quantitative estimate of drug-likeness (QED) is 0.609. The van der Waals surface area contributed by atoms with Crippen molar-refractivity contribution < 1.29 is 24.6 Å². The molecule has 0 aliphatic carbocycles. The Balaban J connectivity index is 2.66. The van der Waals surface area contributed by atoms with Gasteiger partial charge >= 0.3 is 18.0 Å². The smallest absolute Gasteiger partial charge is 0.326 e. The first-order chi connectivity index (χ1) is 9.22. The van der Waals surface area contributed by atoms with Gasteiger partial charge in [-0.05, 0) is 13.8 Å². The highest BCUT2D eigenvalue weighted by molar-refractivity contribution is 7.09. The minimum absolute atomic E-state index is 0.651. The van der Waals surface area contributed by atoms with E-state index in [2.05, 4.69) is 15.6 Å². The van der Waals surface area contributed by atoms with Crippen molar-refractivity contribution in [3.8, 4) is 0 Å². The lowest BCUT2D eigenvalue weighted by molar-refractivity contribution is -0.145. The molecular weight excluding hydrogens is 286 g/mol. The fourth-order valence-electron chi connectivity index (χ4n) is 1.44. The molecule has 20 heavy (non-hydrogen) atoms. The zero-order valence-electron chi connectivity index (χ0n) is 10.9. The summed E-state index contributed by atoms with van der Waals surface area (Å²) < 4.78 is 0. The van der Waals surface area contributed by atoms with Crippen LogP contribution >= 0.6 is 11.3 Å². The van der Waals surface area contributed by atoms with Crippen molar-refractivity contribution in [2.75, 3.05) is 0 Å². The van der Waals surface area contributed by atoms with Gasteiger partial charge in [-0.1, -0.05) is 0 Å². The number of aliphatic carboxylic acids is 2. The van der Waals surface area contributed by atoms with Crippen LogP contribution in [0.2, 0.25) is 0 Å². The van der Waals surface area contributed by atoms with Gasteiger partial charge in [-0.2, -0.15) is 0 Å². The number of nitrogens with one attached hydrogen (secondary N) is 2. The molecule has 0 unspecified atom stereocenters. The summed E-state index contributed by atoms with van der Waals surface area (Å²) in [5.74, 6) is -2.72. The zero-order valence-corrected chi connectivity index (χ0v) is 11.7. The van der Waals surface area contributed by atoms with Crippen LogP contribution in [0.3, 0.4) is 0 Å². The van der Waals surface area contributed by atoms with Crippen LogP contribution in [-0.2, 0) is 15.1 Å². The van der Waals surface area contributed by atoms with Gasteiger partial charge in [-0.3, -0.25) is 4.79 Å². The lowest BCUT2D eigenvalue weighted by Gasteiger charge is -2.25. The van der Waals surface area contributed by atoms with Crippen molar-refractivity contribution in [2.45, 2.75) is 31.8 Å². The van der Waals surface area contributed by atoms with Crippen LogP contribution in [0.4, 0.5) is 4.79 Å². The second kappa shape index (κ2) is 6.33. The van der Waals surface area contributed by atoms with Gasteiger partial charge in [-0.15, -0.1) is 11.3 Å². The average molecular weight is 301 g/mol. The second-order valence-electron chi connectivity index (χ2n) is 4.55. The molecule has 0 spiro atoms. The maximum atomic E-state index is 11.7. The number of carbonyl (C=O) groups excluding carboxylic acids is 1. The number of hydrogen-bond acceptors (Lipinski definition) is 5. The van der Waals surface area contributed by atoms with Gasteiger partial charge in [0, 0.05) is 11.6 Å². The molecule has 9 heteroatoms. The first-order valence-electron chi connectivity index (χ1n) is 5.65. The molecule has 0 radical (unpaired) electrons. The van der Waals surface area contributed by atoms with Crippen LogP contribution < -0.4 is 10.6 Å². The van der Waals surface area contributed by atoms with Crippen LogP contribution in [0, 0.1) is 0 Å². The maximum absolute atomic E-state index is 11.7. The standard InChI is InChI=1S/C11H15N3O5S/c1-11(2,9-12-3-4-20-9)14-10(19)13-6(8(17)18)5-7(15)16/h3-4,6H,5H2,1-2H3,(H,15,16)(H,17,18)(H2,13,14,19)/t6-/m0/s1. The average Bonchev–Trinajstić information content (AvgIpc) is 2.80. The van der Waals surface area contributed by atoms with E-state index in [0.717, 1.165) is 0 Å². The highest BCUT2D eigenvalue weighted by Gasteiger charge is 2.28. The van der Waals surface area contributed by atoms with Gasteiger partial charge in [0.05, 0.1) is 12.0 Å². The van der Waals surface area contributed by atoms with Crippen LogP contribution in [0.25, 0.3) is 0 Å². The molecular formula is C11H15N3O5S. The number of aromatic nitrogens is 1. The van der Waals surface area contributed by atoms with Gasteiger partial charge < -0.3 is 20.8 Å². The molecule has 110 valence electrons. The van der Waals surface area contributed by atoms with E-state index in [1.165, 1.54) is 11.3 Å². The number of rotatable bonds is 6. The molecule has 0 aliphatic rings. The molecule has 0 aromatic carbocycles. The summed E-state index contributed by atoms with van der Waals surface area (Å²) in [6, 6.07) is -2.25. The van der Waals surface area contributed by atoms with E-state index in [1.807, 2.05) is 0 Å². The second-order valence-corrected chi connectivity index (χ2v) is 5.44. The Bertz CT molecular complexity index is 500. The van der Waals surface area contributed by atoms with Crippen molar-refractivity contribution in [3.63, 3.8) is 0 Å². The van der Waals surface area contributed by atoms with E-state index in [1.54, 1.807) is 25.4 Å². The van der Waals surface area contributed by atoms with E-state index in [-0.39, 0.29) is 0 Å². The minimum Gasteiger partial charge on any atom is -0.481 e. The highest BCUT2D eigenvalue weighted by atomic mass is 32.1. The molecule has 1 aromatic rings. The number of carboxylic acids is 2. The lowest BCUT2D eigenvalue weighted by atomic mass is 10.1. The Hall–Kier alpha value is -2.16. The van der Waals surface area contributed by atoms with E-state index in [4.69, 9.17) is 10.2 Å². The number of carbonyl (C=O) groups is 3. The number of urea groups is 1. The van der Waals surface area contributed by atoms with Gasteiger partial charge in [0.25, 0.3) is 0 Å². The van der Waals surface area contributed by atoms with Crippen LogP contribution in [0.5, 0.6) is 0 Å². The summed E-state index contributed by atoms with van der Waals surface area (Å²) in [5, 5.41) is 24.5. The third kappa shape index (κ3) is 4.50. The molecule has 1 atom stereocenters. The predicted octanol–water partition coefficient (Wildman–Crippen LogP) is 0.605. The number of carboxylic acid groups (broad SMARTS) is 2. The van der Waals surface area contributed by atoms with Crippen molar-refractivity contribution >= 4 is 29.3 Å². The van der Waals surface area contributed by atoms with E-state index in [9.17, 15) is 14.4 Å². The molecule has 1 heterocycles. The molecule has 4 N–H and O–H groups in total. The van der Waals surface area contributed by atoms with E-state index < -0.39 is 36.0 Å². The summed E-state index contributed by atoms with van der Waals surface area (Å²) >= 11 is 1.34. The summed E-state index contributed by atoms with van der Waals surface area (Å²) in [7, 11) is 0. The monoisotopic (exact) mass is 301 g/mol. The topological polar surface area (TPSA) is 129 Å². The Morgan fingerprint density at radius 1 is 1.40 bits per heavy atom. The summed E-state index contributed by atoms with van der Waals surface area (Å²) in [5.41, 5.74) is -0.787. The molecule has 0 saturated carbocycles. The Kier molecular flexibility index (Phi) is 5.03. The van der Waals surface area contributed by atoms with E-state index >= 15 is 0 Å². The van der Waals surface area contributed by atoms with Crippen LogP contribution in [-0.4, -0.2) is 39.2 Å².